The zero-order valence-electron chi connectivity index (χ0n) is 18.0. The molecule has 3 aromatic rings. The average molecular weight is 474 g/mol. The van der Waals surface area contributed by atoms with Gasteiger partial charge in [-0.1, -0.05) is 42.5 Å². The van der Waals surface area contributed by atoms with Crippen molar-refractivity contribution < 1.29 is 34.3 Å². The maximum absolute atomic E-state index is 13.1. The van der Waals surface area contributed by atoms with E-state index in [0.29, 0.717) is 5.56 Å². The molecule has 0 aromatic heterocycles. The van der Waals surface area contributed by atoms with Crippen molar-refractivity contribution in [1.82, 2.24) is 0 Å². The van der Waals surface area contributed by atoms with Gasteiger partial charge in [-0.15, -0.1) is 0 Å². The van der Waals surface area contributed by atoms with Gasteiger partial charge in [-0.3, -0.25) is 24.6 Å². The van der Waals surface area contributed by atoms with Crippen LogP contribution in [0.25, 0.3) is 5.76 Å². The van der Waals surface area contributed by atoms with Crippen molar-refractivity contribution in [2.24, 2.45) is 0 Å². The van der Waals surface area contributed by atoms with E-state index < -0.39 is 41.0 Å². The van der Waals surface area contributed by atoms with Crippen molar-refractivity contribution in [3.8, 4) is 5.75 Å². The summed E-state index contributed by atoms with van der Waals surface area (Å²) in [5.41, 5.74) is 0.344. The molecule has 176 valence electrons. The number of amides is 1. The van der Waals surface area contributed by atoms with Crippen LogP contribution in [-0.2, 0) is 14.4 Å². The molecule has 1 saturated heterocycles. The number of ether oxygens (including phenoxy) is 1. The fourth-order valence-corrected chi connectivity index (χ4v) is 3.82. The zero-order valence-corrected chi connectivity index (χ0v) is 18.0. The maximum atomic E-state index is 13.1. The third kappa shape index (κ3) is 4.58. The number of aliphatic hydroxyl groups excluding tert-OH is 1. The third-order valence-electron chi connectivity index (χ3n) is 5.37. The van der Waals surface area contributed by atoms with Crippen LogP contribution in [0.1, 0.15) is 17.2 Å². The van der Waals surface area contributed by atoms with Crippen LogP contribution in [0.3, 0.4) is 0 Å². The molecule has 1 heterocycles. The number of aliphatic hydroxyl groups is 1. The van der Waals surface area contributed by atoms with Gasteiger partial charge in [0, 0.05) is 23.4 Å². The lowest BCUT2D eigenvalue weighted by Crippen LogP contribution is -2.29. The molecule has 1 amide bonds. The number of benzene rings is 3. The van der Waals surface area contributed by atoms with E-state index in [0.717, 1.165) is 4.90 Å². The molecule has 0 spiro atoms. The quantitative estimate of drug-likeness (QED) is 0.173. The number of ketones is 1. The Balaban J connectivity index is 1.86. The molecule has 1 unspecified atom stereocenters. The lowest BCUT2D eigenvalue weighted by atomic mass is 9.95. The number of non-ortho nitro benzene ring substituents is 1. The van der Waals surface area contributed by atoms with Gasteiger partial charge in [-0.2, -0.15) is 0 Å². The first-order chi connectivity index (χ1) is 16.8. The van der Waals surface area contributed by atoms with Gasteiger partial charge in [-0.25, -0.2) is 4.79 Å². The molecule has 10 nitrogen and oxygen atoms in total. The Morgan fingerprint density at radius 3 is 2.29 bits per heavy atom. The lowest BCUT2D eigenvalue weighted by Gasteiger charge is -2.25. The van der Waals surface area contributed by atoms with Crippen LogP contribution in [0, 0.1) is 10.1 Å². The molecule has 0 radical (unpaired) electrons. The van der Waals surface area contributed by atoms with Crippen LogP contribution in [0.4, 0.5) is 11.4 Å². The fraction of sp³-hybridized carbons (Fsp3) is 0.0800. The van der Waals surface area contributed by atoms with Crippen molar-refractivity contribution in [3.05, 3.63) is 106 Å². The summed E-state index contributed by atoms with van der Waals surface area (Å²) in [6.45, 7) is -0.561. The standard InChI is InChI=1S/C25H18N2O8/c28-20(29)14-35-19-11-9-17(10-12-19)26-22(16-7-4-8-18(13-16)27(33)34)21(24(31)25(26)32)23(30)15-5-2-1-3-6-15/h1-13,22,30H,14H2,(H,28,29)/b23-21+. The predicted octanol–water partition coefficient (Wildman–Crippen LogP) is 3.68. The Morgan fingerprint density at radius 2 is 1.66 bits per heavy atom. The Kier molecular flexibility index (Phi) is 6.27. The van der Waals surface area contributed by atoms with Crippen LogP contribution in [0.15, 0.2) is 84.4 Å². The molecule has 0 aliphatic carbocycles. The summed E-state index contributed by atoms with van der Waals surface area (Å²) in [5.74, 6) is -3.23. The summed E-state index contributed by atoms with van der Waals surface area (Å²) in [4.78, 5) is 48.9. The van der Waals surface area contributed by atoms with Gasteiger partial charge in [0.2, 0.25) is 0 Å². The van der Waals surface area contributed by atoms with Crippen molar-refractivity contribution in [2.45, 2.75) is 6.04 Å². The van der Waals surface area contributed by atoms with Crippen molar-refractivity contribution >= 4 is 34.8 Å². The van der Waals surface area contributed by atoms with Gasteiger partial charge in [0.1, 0.15) is 11.5 Å². The second-order valence-corrected chi connectivity index (χ2v) is 7.56. The molecular formula is C25H18N2O8. The van der Waals surface area contributed by atoms with Crippen LogP contribution < -0.4 is 9.64 Å². The van der Waals surface area contributed by atoms with E-state index in [1.54, 1.807) is 30.3 Å². The summed E-state index contributed by atoms with van der Waals surface area (Å²) in [6, 6.07) is 18.3. The summed E-state index contributed by atoms with van der Waals surface area (Å²) in [7, 11) is 0. The van der Waals surface area contributed by atoms with Gasteiger partial charge in [0.05, 0.1) is 16.5 Å². The highest BCUT2D eigenvalue weighted by Gasteiger charge is 2.47. The van der Waals surface area contributed by atoms with E-state index in [4.69, 9.17) is 9.84 Å². The predicted molar refractivity (Wildman–Crippen MR) is 124 cm³/mol. The number of nitro benzene ring substituents is 1. The van der Waals surface area contributed by atoms with Crippen LogP contribution in [-0.4, -0.2) is 39.4 Å². The first-order valence-electron chi connectivity index (χ1n) is 10.3. The van der Waals surface area contributed by atoms with Crippen molar-refractivity contribution in [1.29, 1.82) is 0 Å². The molecule has 2 N–H and O–H groups in total. The number of rotatable bonds is 7. The highest BCUT2D eigenvalue weighted by Crippen LogP contribution is 2.43. The number of nitro groups is 1. The smallest absolute Gasteiger partial charge is 0.341 e. The Labute approximate surface area is 198 Å². The van der Waals surface area contributed by atoms with E-state index in [2.05, 4.69) is 0 Å². The Hall–Kier alpha value is -4.99. The molecular weight excluding hydrogens is 456 g/mol. The number of carbonyl (C=O) groups excluding carboxylic acids is 2. The molecule has 10 heteroatoms. The number of carboxylic acids is 1. The van der Waals surface area contributed by atoms with Crippen LogP contribution >= 0.6 is 0 Å². The molecule has 0 bridgehead atoms. The lowest BCUT2D eigenvalue weighted by molar-refractivity contribution is -0.384. The monoisotopic (exact) mass is 474 g/mol. The highest BCUT2D eigenvalue weighted by atomic mass is 16.6. The SMILES string of the molecule is O=C(O)COc1ccc(N2C(=O)C(=O)/C(=C(/O)c3ccccc3)C2c2cccc([N+](=O)[O-])c2)cc1. The summed E-state index contributed by atoms with van der Waals surface area (Å²) in [6.07, 6.45) is 0. The first-order valence-corrected chi connectivity index (χ1v) is 10.3. The molecule has 0 saturated carbocycles. The van der Waals surface area contributed by atoms with E-state index >= 15 is 0 Å². The molecule has 1 atom stereocenters. The molecule has 1 fully saturated rings. The van der Waals surface area contributed by atoms with E-state index in [-0.39, 0.29) is 28.3 Å². The average Bonchev–Trinajstić information content (AvgIpc) is 3.13. The largest absolute Gasteiger partial charge is 0.507 e. The summed E-state index contributed by atoms with van der Waals surface area (Å²) >= 11 is 0. The number of nitrogens with zero attached hydrogens (tertiary/aromatic N) is 2. The second-order valence-electron chi connectivity index (χ2n) is 7.56. The number of anilines is 1. The zero-order chi connectivity index (χ0) is 25.1. The third-order valence-corrected chi connectivity index (χ3v) is 5.37. The number of aliphatic carboxylic acids is 1. The van der Waals surface area contributed by atoms with Crippen molar-refractivity contribution in [2.75, 3.05) is 11.5 Å². The Bertz CT molecular complexity index is 1350. The van der Waals surface area contributed by atoms with Gasteiger partial charge in [-0.05, 0) is 29.8 Å². The first kappa shape index (κ1) is 23.2. The minimum atomic E-state index is -1.16. The number of carbonyl (C=O) groups is 3. The van der Waals surface area contributed by atoms with Gasteiger partial charge >= 0.3 is 5.97 Å². The van der Waals surface area contributed by atoms with Crippen LogP contribution in [0.2, 0.25) is 0 Å². The van der Waals surface area contributed by atoms with E-state index in [1.807, 2.05) is 0 Å². The second kappa shape index (κ2) is 9.48. The van der Waals surface area contributed by atoms with Gasteiger partial charge < -0.3 is 14.9 Å². The topological polar surface area (TPSA) is 147 Å². The summed E-state index contributed by atoms with van der Waals surface area (Å²) in [5, 5.41) is 31.2. The van der Waals surface area contributed by atoms with Gasteiger partial charge in [0.15, 0.2) is 6.61 Å². The number of hydrogen-bond acceptors (Lipinski definition) is 7. The molecule has 4 rings (SSSR count). The molecule has 1 aliphatic heterocycles. The minimum Gasteiger partial charge on any atom is -0.507 e. The minimum absolute atomic E-state index is 0.215. The molecule has 35 heavy (non-hydrogen) atoms. The number of Topliss-reactive ketones (excluding diaryl/α,β-unsaturated/α-hetero) is 1. The van der Waals surface area contributed by atoms with E-state index in [9.17, 15) is 29.6 Å². The van der Waals surface area contributed by atoms with Crippen molar-refractivity contribution in [3.63, 3.8) is 0 Å². The molecule has 3 aromatic carbocycles. The van der Waals surface area contributed by atoms with E-state index in [1.165, 1.54) is 48.5 Å². The Morgan fingerprint density at radius 1 is 0.971 bits per heavy atom. The van der Waals surface area contributed by atoms with Gasteiger partial charge in [0.25, 0.3) is 17.4 Å². The number of hydrogen-bond donors (Lipinski definition) is 2. The number of carboxylic acid groups (broad SMARTS) is 1. The highest BCUT2D eigenvalue weighted by molar-refractivity contribution is 6.51. The fourth-order valence-electron chi connectivity index (χ4n) is 3.82. The van der Waals surface area contributed by atoms with Crippen LogP contribution in [0.5, 0.6) is 5.75 Å². The normalized spacial score (nSPS) is 16.8. The maximum Gasteiger partial charge on any atom is 0.341 e. The summed E-state index contributed by atoms with van der Waals surface area (Å²) < 4.78 is 5.11. The molecule has 1 aliphatic rings.